The molecule has 39 heavy (non-hydrogen) atoms. The number of carbonyl (C=O) groups is 2. The molecule has 1 aliphatic heterocycles. The molecule has 0 aromatic heterocycles. The van der Waals surface area contributed by atoms with Gasteiger partial charge in [0.2, 0.25) is 0 Å². The fraction of sp³-hybridized carbons (Fsp3) is 0.375. The molecule has 3 aromatic rings. The Morgan fingerprint density at radius 2 is 1.49 bits per heavy atom. The second kappa shape index (κ2) is 14.8. The van der Waals surface area contributed by atoms with Crippen molar-refractivity contribution in [1.82, 2.24) is 20.9 Å². The molecule has 3 unspecified atom stereocenters. The number of carbonyl (C=O) groups excluding carboxylic acids is 2. The number of amides is 3. The minimum absolute atomic E-state index is 0.0112. The fourth-order valence-corrected chi connectivity index (χ4v) is 6.22. The number of nitrogens with one attached hydrogen (secondary N) is 3. The summed E-state index contributed by atoms with van der Waals surface area (Å²) in [6.07, 6.45) is 4.65. The minimum atomic E-state index is -0.195. The Bertz CT molecular complexity index is 1120. The lowest BCUT2D eigenvalue weighted by Gasteiger charge is -2.47. The number of urea groups is 1. The van der Waals surface area contributed by atoms with Gasteiger partial charge in [0.25, 0.3) is 5.91 Å². The van der Waals surface area contributed by atoms with Gasteiger partial charge in [-0.1, -0.05) is 92.2 Å². The molecular formula is C32H40N4O2S. The first-order valence-corrected chi connectivity index (χ1v) is 15.2. The third-order valence-electron chi connectivity index (χ3n) is 7.38. The summed E-state index contributed by atoms with van der Waals surface area (Å²) in [5.41, 5.74) is 3.05. The molecule has 3 amide bonds. The van der Waals surface area contributed by atoms with Crippen molar-refractivity contribution in [3.63, 3.8) is 0 Å². The topological polar surface area (TPSA) is 73.5 Å². The summed E-state index contributed by atoms with van der Waals surface area (Å²) in [5, 5.41) is 9.77. The van der Waals surface area contributed by atoms with Crippen molar-refractivity contribution < 1.29 is 9.59 Å². The van der Waals surface area contributed by atoms with Gasteiger partial charge in [0.05, 0.1) is 12.2 Å². The van der Waals surface area contributed by atoms with Crippen LogP contribution in [0.15, 0.2) is 91.0 Å². The lowest BCUT2D eigenvalue weighted by molar-refractivity contribution is 0.0686. The Kier molecular flexibility index (Phi) is 10.9. The Hall–Kier alpha value is -3.29. The van der Waals surface area contributed by atoms with E-state index < -0.39 is 0 Å². The summed E-state index contributed by atoms with van der Waals surface area (Å²) in [6, 6.07) is 30.2. The third kappa shape index (κ3) is 7.87. The van der Waals surface area contributed by atoms with Crippen LogP contribution in [0.3, 0.4) is 0 Å². The van der Waals surface area contributed by atoms with E-state index in [-0.39, 0.29) is 35.3 Å². The maximum absolute atomic E-state index is 13.0. The number of benzene rings is 3. The lowest BCUT2D eigenvalue weighted by atomic mass is 9.88. The van der Waals surface area contributed by atoms with Gasteiger partial charge in [0, 0.05) is 30.4 Å². The van der Waals surface area contributed by atoms with E-state index in [4.69, 9.17) is 0 Å². The molecule has 0 saturated carbocycles. The average molecular weight is 545 g/mol. The van der Waals surface area contributed by atoms with Crippen molar-refractivity contribution in [2.75, 3.05) is 25.9 Å². The molecule has 206 valence electrons. The van der Waals surface area contributed by atoms with Gasteiger partial charge in [-0.2, -0.15) is 11.8 Å². The van der Waals surface area contributed by atoms with E-state index >= 15 is 0 Å². The Labute approximate surface area is 237 Å². The summed E-state index contributed by atoms with van der Waals surface area (Å²) < 4.78 is 0. The predicted molar refractivity (Wildman–Crippen MR) is 161 cm³/mol. The first-order valence-electron chi connectivity index (χ1n) is 13.9. The van der Waals surface area contributed by atoms with Crippen LogP contribution >= 0.6 is 11.8 Å². The van der Waals surface area contributed by atoms with Gasteiger partial charge >= 0.3 is 6.03 Å². The molecule has 0 spiro atoms. The number of likely N-dealkylation sites (tertiary alicyclic amines) is 1. The van der Waals surface area contributed by atoms with Crippen LogP contribution < -0.4 is 16.0 Å². The van der Waals surface area contributed by atoms with Gasteiger partial charge in [0.1, 0.15) is 0 Å². The molecule has 1 saturated heterocycles. The van der Waals surface area contributed by atoms with E-state index in [2.05, 4.69) is 82.6 Å². The van der Waals surface area contributed by atoms with Crippen molar-refractivity contribution in [2.24, 2.45) is 5.92 Å². The van der Waals surface area contributed by atoms with Crippen molar-refractivity contribution in [3.05, 3.63) is 108 Å². The van der Waals surface area contributed by atoms with E-state index in [9.17, 15) is 9.59 Å². The number of unbranched alkanes of at least 4 members (excludes halogenated alkanes) is 1. The van der Waals surface area contributed by atoms with E-state index in [0.29, 0.717) is 18.7 Å². The van der Waals surface area contributed by atoms with E-state index in [1.165, 1.54) is 11.1 Å². The fourth-order valence-electron chi connectivity index (χ4n) is 5.31. The normalized spacial score (nSPS) is 19.4. The summed E-state index contributed by atoms with van der Waals surface area (Å²) in [4.78, 5) is 28.3. The highest BCUT2D eigenvalue weighted by Gasteiger charge is 2.40. The molecule has 3 atom stereocenters. The third-order valence-corrected chi connectivity index (χ3v) is 8.52. The number of hydrogen-bond acceptors (Lipinski definition) is 4. The van der Waals surface area contributed by atoms with Gasteiger partial charge in [-0.15, -0.1) is 0 Å². The van der Waals surface area contributed by atoms with E-state index in [1.807, 2.05) is 54.2 Å². The second-order valence-electron chi connectivity index (χ2n) is 10.0. The van der Waals surface area contributed by atoms with Crippen molar-refractivity contribution in [1.29, 1.82) is 0 Å². The van der Waals surface area contributed by atoms with Crippen LogP contribution in [-0.2, 0) is 0 Å². The summed E-state index contributed by atoms with van der Waals surface area (Å²) >= 11 is 1.83. The van der Waals surface area contributed by atoms with Crippen molar-refractivity contribution in [3.8, 4) is 0 Å². The molecule has 3 N–H and O–H groups in total. The highest BCUT2D eigenvalue weighted by molar-refractivity contribution is 7.99. The van der Waals surface area contributed by atoms with Crippen LogP contribution in [0.25, 0.3) is 0 Å². The van der Waals surface area contributed by atoms with Crippen molar-refractivity contribution in [2.45, 2.75) is 43.6 Å². The van der Waals surface area contributed by atoms with E-state index in [1.54, 1.807) is 0 Å². The predicted octanol–water partition coefficient (Wildman–Crippen LogP) is 5.68. The minimum Gasteiger partial charge on any atom is -0.352 e. The number of rotatable bonds is 11. The Morgan fingerprint density at radius 1 is 0.897 bits per heavy atom. The van der Waals surface area contributed by atoms with Crippen LogP contribution in [0.1, 0.15) is 53.7 Å². The zero-order valence-electron chi connectivity index (χ0n) is 22.9. The summed E-state index contributed by atoms with van der Waals surface area (Å²) in [6.45, 7) is 4.11. The van der Waals surface area contributed by atoms with Gasteiger partial charge < -0.3 is 16.0 Å². The maximum atomic E-state index is 13.0. The van der Waals surface area contributed by atoms with Crippen LogP contribution in [0.5, 0.6) is 0 Å². The standard InChI is InChI=1S/C32H40N4O2S/c1-3-4-20-33-32(38)35-29-21-27(22-34-31(37)26-18-12-7-13-19-26)28(39-2)23-36(29)30(24-14-8-5-9-15-24)25-16-10-6-11-17-25/h5-19,27-30H,3-4,20-23H2,1-2H3,(H,34,37)(H2,33,35,38). The SMILES string of the molecule is CCCCNC(=O)NC1CC(CNC(=O)c2ccccc2)C(SC)CN1C(c1ccccc1)c1ccccc1. The average Bonchev–Trinajstić information content (AvgIpc) is 2.98. The van der Waals surface area contributed by atoms with Crippen molar-refractivity contribution >= 4 is 23.7 Å². The van der Waals surface area contributed by atoms with Crippen LogP contribution in [0.4, 0.5) is 4.79 Å². The second-order valence-corrected chi connectivity index (χ2v) is 11.1. The lowest BCUT2D eigenvalue weighted by Crippen LogP contribution is -2.60. The van der Waals surface area contributed by atoms with E-state index in [0.717, 1.165) is 25.8 Å². The highest BCUT2D eigenvalue weighted by Crippen LogP contribution is 2.37. The summed E-state index contributed by atoms with van der Waals surface area (Å²) in [5.74, 6) is 0.142. The zero-order valence-corrected chi connectivity index (χ0v) is 23.7. The summed E-state index contributed by atoms with van der Waals surface area (Å²) in [7, 11) is 0. The number of thioether (sulfide) groups is 1. The smallest absolute Gasteiger partial charge is 0.316 e. The number of nitrogens with zero attached hydrogens (tertiary/aromatic N) is 1. The molecule has 0 radical (unpaired) electrons. The Morgan fingerprint density at radius 3 is 2.05 bits per heavy atom. The molecular weight excluding hydrogens is 504 g/mol. The molecule has 0 bridgehead atoms. The largest absolute Gasteiger partial charge is 0.352 e. The highest BCUT2D eigenvalue weighted by atomic mass is 32.2. The quantitative estimate of drug-likeness (QED) is 0.271. The molecule has 1 aliphatic rings. The van der Waals surface area contributed by atoms with Crippen LogP contribution in [0.2, 0.25) is 0 Å². The van der Waals surface area contributed by atoms with Gasteiger partial charge in [0.15, 0.2) is 0 Å². The number of piperidine rings is 1. The van der Waals surface area contributed by atoms with Gasteiger partial charge in [-0.05, 0) is 48.3 Å². The molecule has 3 aromatic carbocycles. The number of hydrogen-bond donors (Lipinski definition) is 3. The first kappa shape index (κ1) is 28.7. The van der Waals surface area contributed by atoms with Gasteiger partial charge in [-0.3, -0.25) is 9.69 Å². The van der Waals surface area contributed by atoms with Crippen LogP contribution in [-0.4, -0.2) is 54.1 Å². The maximum Gasteiger partial charge on any atom is 0.316 e. The molecule has 6 nitrogen and oxygen atoms in total. The molecule has 7 heteroatoms. The molecule has 4 rings (SSSR count). The first-order chi connectivity index (χ1) is 19.1. The molecule has 0 aliphatic carbocycles. The molecule has 1 fully saturated rings. The molecule has 1 heterocycles. The Balaban J connectivity index is 1.60. The van der Waals surface area contributed by atoms with Crippen LogP contribution in [0, 0.1) is 5.92 Å². The van der Waals surface area contributed by atoms with Gasteiger partial charge in [-0.25, -0.2) is 4.79 Å². The zero-order chi connectivity index (χ0) is 27.5. The monoisotopic (exact) mass is 544 g/mol.